The number of hydrogen-bond acceptors (Lipinski definition) is 4. The Labute approximate surface area is 150 Å². The van der Waals surface area contributed by atoms with Gasteiger partial charge < -0.3 is 4.74 Å². The van der Waals surface area contributed by atoms with Crippen molar-refractivity contribution in [3.05, 3.63) is 41.5 Å². The average molecular weight is 340 g/mol. The molecule has 0 saturated heterocycles. The zero-order valence-corrected chi connectivity index (χ0v) is 15.2. The minimum absolute atomic E-state index is 0.520. The molecule has 1 saturated carbocycles. The van der Waals surface area contributed by atoms with Gasteiger partial charge in [0.2, 0.25) is 0 Å². The van der Waals surface area contributed by atoms with Crippen LogP contribution in [-0.4, -0.2) is 32.8 Å². The molecule has 0 spiro atoms. The number of rotatable bonds is 5. The molecule has 2 aliphatic rings. The van der Waals surface area contributed by atoms with Crippen LogP contribution < -0.4 is 4.74 Å². The van der Waals surface area contributed by atoms with Gasteiger partial charge in [-0.25, -0.2) is 0 Å². The lowest BCUT2D eigenvalue weighted by Gasteiger charge is -2.32. The van der Waals surface area contributed by atoms with Crippen LogP contribution in [0.2, 0.25) is 0 Å². The zero-order chi connectivity index (χ0) is 17.1. The van der Waals surface area contributed by atoms with Gasteiger partial charge in [-0.2, -0.15) is 5.10 Å². The Morgan fingerprint density at radius 2 is 2.12 bits per heavy atom. The summed E-state index contributed by atoms with van der Waals surface area (Å²) in [5, 5.41) is 4.73. The van der Waals surface area contributed by atoms with Gasteiger partial charge in [0.25, 0.3) is 0 Å². The third-order valence-corrected chi connectivity index (χ3v) is 5.66. The van der Waals surface area contributed by atoms with Crippen LogP contribution in [0.4, 0.5) is 0 Å². The van der Waals surface area contributed by atoms with Crippen molar-refractivity contribution in [3.8, 4) is 5.75 Å². The number of nitrogens with zero attached hydrogens (tertiary/aromatic N) is 4. The van der Waals surface area contributed by atoms with Gasteiger partial charge in [0.1, 0.15) is 18.1 Å². The number of aryl methyl sites for hydroxylation is 1. The van der Waals surface area contributed by atoms with E-state index in [4.69, 9.17) is 9.84 Å². The quantitative estimate of drug-likeness (QED) is 0.837. The van der Waals surface area contributed by atoms with E-state index in [0.717, 1.165) is 36.9 Å². The smallest absolute Gasteiger partial charge is 0.138 e. The Hall–Kier alpha value is -1.88. The number of hydrogen-bond donors (Lipinski definition) is 0. The highest BCUT2D eigenvalue weighted by atomic mass is 16.5. The predicted octanol–water partition coefficient (Wildman–Crippen LogP) is 3.33. The predicted molar refractivity (Wildman–Crippen MR) is 97.3 cm³/mol. The van der Waals surface area contributed by atoms with E-state index in [2.05, 4.69) is 21.6 Å². The van der Waals surface area contributed by atoms with Crippen LogP contribution in [0.5, 0.6) is 5.75 Å². The second-order valence-electron chi connectivity index (χ2n) is 7.46. The van der Waals surface area contributed by atoms with Gasteiger partial charge in [-0.05, 0) is 30.9 Å². The van der Waals surface area contributed by atoms with Gasteiger partial charge in [0.15, 0.2) is 0 Å². The topological polar surface area (TPSA) is 43.2 Å². The van der Waals surface area contributed by atoms with Crippen molar-refractivity contribution in [1.29, 1.82) is 0 Å². The first-order chi connectivity index (χ1) is 12.3. The second kappa shape index (κ2) is 7.56. The standard InChI is InChI=1S/C20H28N4O/c1-23-20-9-11-24(13-16-6-3-2-4-7-16)14-18(20)19(22-23)15-25-17-8-5-10-21-12-17/h5,8,10,12,16H,2-4,6-7,9,11,13-15H2,1H3. The van der Waals surface area contributed by atoms with Crippen molar-refractivity contribution in [2.24, 2.45) is 13.0 Å². The molecule has 0 aromatic carbocycles. The summed E-state index contributed by atoms with van der Waals surface area (Å²) in [6.07, 6.45) is 11.7. The summed E-state index contributed by atoms with van der Waals surface area (Å²) >= 11 is 0. The Morgan fingerprint density at radius 3 is 2.92 bits per heavy atom. The molecule has 0 atom stereocenters. The summed E-state index contributed by atoms with van der Waals surface area (Å²) < 4.78 is 7.95. The molecule has 3 heterocycles. The molecule has 1 aliphatic carbocycles. The fourth-order valence-corrected chi connectivity index (χ4v) is 4.32. The monoisotopic (exact) mass is 340 g/mol. The molecule has 5 heteroatoms. The molecule has 1 aliphatic heterocycles. The maximum Gasteiger partial charge on any atom is 0.138 e. The molecule has 0 unspecified atom stereocenters. The summed E-state index contributed by atoms with van der Waals surface area (Å²) in [5.41, 5.74) is 3.84. The summed E-state index contributed by atoms with van der Waals surface area (Å²) in [4.78, 5) is 6.74. The van der Waals surface area contributed by atoms with E-state index in [-0.39, 0.29) is 0 Å². The lowest BCUT2D eigenvalue weighted by Crippen LogP contribution is -2.35. The SMILES string of the molecule is Cn1nc(COc2cccnc2)c2c1CCN(CC1CCCCC1)C2. The average Bonchev–Trinajstić information content (AvgIpc) is 2.97. The number of ether oxygens (including phenoxy) is 1. The van der Waals surface area contributed by atoms with Crippen molar-refractivity contribution < 1.29 is 4.74 Å². The first-order valence-electron chi connectivity index (χ1n) is 9.58. The van der Waals surface area contributed by atoms with E-state index in [1.165, 1.54) is 49.9 Å². The van der Waals surface area contributed by atoms with E-state index in [9.17, 15) is 0 Å². The van der Waals surface area contributed by atoms with Crippen molar-refractivity contribution >= 4 is 0 Å². The molecule has 0 radical (unpaired) electrons. The molecule has 0 amide bonds. The highest BCUT2D eigenvalue weighted by molar-refractivity contribution is 5.29. The van der Waals surface area contributed by atoms with Gasteiger partial charge in [-0.1, -0.05) is 19.3 Å². The van der Waals surface area contributed by atoms with Crippen LogP contribution in [-0.2, 0) is 26.6 Å². The van der Waals surface area contributed by atoms with Gasteiger partial charge in [0, 0.05) is 50.6 Å². The lowest BCUT2D eigenvalue weighted by molar-refractivity contribution is 0.184. The molecule has 1 fully saturated rings. The molecular formula is C20H28N4O. The normalized spacial score (nSPS) is 18.9. The first kappa shape index (κ1) is 16.6. The number of fused-ring (bicyclic) bond motifs is 1. The third kappa shape index (κ3) is 3.87. The van der Waals surface area contributed by atoms with Crippen molar-refractivity contribution in [2.45, 2.75) is 51.7 Å². The van der Waals surface area contributed by atoms with E-state index in [1.54, 1.807) is 12.4 Å². The molecule has 5 nitrogen and oxygen atoms in total. The number of aromatic nitrogens is 3. The Morgan fingerprint density at radius 1 is 1.24 bits per heavy atom. The molecule has 2 aromatic heterocycles. The van der Waals surface area contributed by atoms with E-state index in [1.807, 2.05) is 12.1 Å². The van der Waals surface area contributed by atoms with Crippen LogP contribution in [0, 0.1) is 5.92 Å². The Kier molecular flexibility index (Phi) is 5.02. The van der Waals surface area contributed by atoms with E-state index < -0.39 is 0 Å². The molecule has 25 heavy (non-hydrogen) atoms. The Bertz CT molecular complexity index is 691. The summed E-state index contributed by atoms with van der Waals surface area (Å²) in [5.74, 6) is 1.69. The van der Waals surface area contributed by atoms with Gasteiger partial charge in [0.05, 0.1) is 6.20 Å². The highest BCUT2D eigenvalue weighted by Crippen LogP contribution is 2.28. The lowest BCUT2D eigenvalue weighted by atomic mass is 9.88. The summed E-state index contributed by atoms with van der Waals surface area (Å²) in [6, 6.07) is 3.84. The molecule has 2 aromatic rings. The Balaban J connectivity index is 1.43. The molecule has 134 valence electrons. The molecular weight excluding hydrogens is 312 g/mol. The van der Waals surface area contributed by atoms with Crippen LogP contribution in [0.3, 0.4) is 0 Å². The third-order valence-electron chi connectivity index (χ3n) is 5.66. The summed E-state index contributed by atoms with van der Waals surface area (Å²) in [7, 11) is 2.06. The van der Waals surface area contributed by atoms with Gasteiger partial charge in [-0.3, -0.25) is 14.6 Å². The van der Waals surface area contributed by atoms with Crippen LogP contribution >= 0.6 is 0 Å². The molecule has 4 rings (SSSR count). The van der Waals surface area contributed by atoms with Crippen molar-refractivity contribution in [1.82, 2.24) is 19.7 Å². The first-order valence-corrected chi connectivity index (χ1v) is 9.58. The van der Waals surface area contributed by atoms with Crippen LogP contribution in [0.25, 0.3) is 0 Å². The van der Waals surface area contributed by atoms with Crippen molar-refractivity contribution in [3.63, 3.8) is 0 Å². The summed E-state index contributed by atoms with van der Waals surface area (Å²) in [6.45, 7) is 3.95. The fourth-order valence-electron chi connectivity index (χ4n) is 4.32. The van der Waals surface area contributed by atoms with Crippen LogP contribution in [0.15, 0.2) is 24.5 Å². The molecule has 0 bridgehead atoms. The highest BCUT2D eigenvalue weighted by Gasteiger charge is 2.26. The zero-order valence-electron chi connectivity index (χ0n) is 15.2. The van der Waals surface area contributed by atoms with Crippen LogP contribution in [0.1, 0.15) is 49.1 Å². The largest absolute Gasteiger partial charge is 0.486 e. The van der Waals surface area contributed by atoms with Crippen molar-refractivity contribution in [2.75, 3.05) is 13.1 Å². The van der Waals surface area contributed by atoms with E-state index >= 15 is 0 Å². The fraction of sp³-hybridized carbons (Fsp3) is 0.600. The minimum Gasteiger partial charge on any atom is -0.486 e. The molecule has 0 N–H and O–H groups in total. The van der Waals surface area contributed by atoms with E-state index in [0.29, 0.717) is 6.61 Å². The minimum atomic E-state index is 0.520. The maximum absolute atomic E-state index is 5.90. The second-order valence-corrected chi connectivity index (χ2v) is 7.46. The maximum atomic E-state index is 5.90. The van der Waals surface area contributed by atoms with Gasteiger partial charge >= 0.3 is 0 Å². The number of pyridine rings is 1. The van der Waals surface area contributed by atoms with Gasteiger partial charge in [-0.15, -0.1) is 0 Å².